The normalized spacial score (nSPS) is 11.8. The van der Waals surface area contributed by atoms with Gasteiger partial charge in [0.15, 0.2) is 0 Å². The van der Waals surface area contributed by atoms with Crippen LogP contribution in [0.3, 0.4) is 0 Å². The minimum Gasteiger partial charge on any atom is -0.326 e. The predicted octanol–water partition coefficient (Wildman–Crippen LogP) is 2.76. The number of halogens is 1. The van der Waals surface area contributed by atoms with Crippen molar-refractivity contribution in [2.45, 2.75) is 24.9 Å². The second-order valence-electron chi connectivity index (χ2n) is 4.31. The molecule has 0 spiro atoms. The molecule has 0 saturated carbocycles. The van der Waals surface area contributed by atoms with E-state index in [1.165, 1.54) is 11.3 Å². The molecule has 0 aliphatic rings. The number of nitrogens with one attached hydrogen (secondary N) is 1. The molecule has 2 rings (SSSR count). The van der Waals surface area contributed by atoms with E-state index in [0.29, 0.717) is 6.54 Å². The summed E-state index contributed by atoms with van der Waals surface area (Å²) in [5.74, 6) is 0. The average molecular weight is 375 g/mol. The molecule has 0 radical (unpaired) electrons. The maximum Gasteiger partial charge on any atom is 0.240 e. The van der Waals surface area contributed by atoms with Crippen molar-refractivity contribution in [2.75, 3.05) is 0 Å². The highest BCUT2D eigenvalue weighted by molar-refractivity contribution is 9.10. The first-order valence-electron chi connectivity index (χ1n) is 5.95. The van der Waals surface area contributed by atoms with Crippen LogP contribution in [0, 0.1) is 6.92 Å². The van der Waals surface area contributed by atoms with Crippen LogP contribution < -0.4 is 10.5 Å². The second kappa shape index (κ2) is 6.36. The van der Waals surface area contributed by atoms with E-state index < -0.39 is 10.0 Å². The first-order valence-corrected chi connectivity index (χ1v) is 9.11. The third kappa shape index (κ3) is 3.48. The average Bonchev–Trinajstić information content (AvgIpc) is 2.82. The van der Waals surface area contributed by atoms with Gasteiger partial charge in [-0.1, -0.05) is 6.07 Å². The van der Waals surface area contributed by atoms with E-state index in [2.05, 4.69) is 20.7 Å². The Morgan fingerprint density at radius 1 is 1.35 bits per heavy atom. The fourth-order valence-corrected chi connectivity index (χ4v) is 4.30. The van der Waals surface area contributed by atoms with E-state index in [0.717, 1.165) is 20.5 Å². The number of hydrogen-bond donors (Lipinski definition) is 2. The standard InChI is InChI=1S/C13H15BrN2O2S2/c1-9-2-3-11(6-10(9)7-15)20(17,18)16-8-13-12(14)4-5-19-13/h2-6,16H,7-8,15H2,1H3. The van der Waals surface area contributed by atoms with Gasteiger partial charge in [-0.3, -0.25) is 0 Å². The van der Waals surface area contributed by atoms with Gasteiger partial charge in [-0.25, -0.2) is 13.1 Å². The van der Waals surface area contributed by atoms with E-state index in [9.17, 15) is 8.42 Å². The molecule has 3 N–H and O–H groups in total. The SMILES string of the molecule is Cc1ccc(S(=O)(=O)NCc2sccc2Br)cc1CN. The quantitative estimate of drug-likeness (QED) is 0.844. The second-order valence-corrected chi connectivity index (χ2v) is 7.93. The van der Waals surface area contributed by atoms with Gasteiger partial charge in [-0.15, -0.1) is 11.3 Å². The van der Waals surface area contributed by atoms with Crippen molar-refractivity contribution in [2.24, 2.45) is 5.73 Å². The van der Waals surface area contributed by atoms with Gasteiger partial charge >= 0.3 is 0 Å². The summed E-state index contributed by atoms with van der Waals surface area (Å²) >= 11 is 4.88. The molecule has 0 bridgehead atoms. The lowest BCUT2D eigenvalue weighted by molar-refractivity contribution is 0.581. The van der Waals surface area contributed by atoms with Crippen molar-refractivity contribution < 1.29 is 8.42 Å². The molecule has 0 saturated heterocycles. The Hall–Kier alpha value is -0.730. The fourth-order valence-electron chi connectivity index (χ4n) is 1.73. The zero-order valence-corrected chi connectivity index (χ0v) is 14.1. The Kier molecular flexibility index (Phi) is 4.98. The molecule has 0 fully saturated rings. The number of rotatable bonds is 5. The van der Waals surface area contributed by atoms with Crippen LogP contribution in [0.2, 0.25) is 0 Å². The Bertz CT molecular complexity index is 711. The molecule has 4 nitrogen and oxygen atoms in total. The van der Waals surface area contributed by atoms with E-state index in [1.54, 1.807) is 18.2 Å². The third-order valence-electron chi connectivity index (χ3n) is 2.96. The highest BCUT2D eigenvalue weighted by Gasteiger charge is 2.15. The summed E-state index contributed by atoms with van der Waals surface area (Å²) < 4.78 is 28.0. The molecule has 1 heterocycles. The summed E-state index contributed by atoms with van der Waals surface area (Å²) in [6.45, 7) is 2.51. The number of hydrogen-bond acceptors (Lipinski definition) is 4. The molecule has 1 aromatic carbocycles. The van der Waals surface area contributed by atoms with E-state index in [4.69, 9.17) is 5.73 Å². The molecule has 0 unspecified atom stereocenters. The van der Waals surface area contributed by atoms with Crippen molar-refractivity contribution in [3.8, 4) is 0 Å². The summed E-state index contributed by atoms with van der Waals surface area (Å²) in [5, 5.41) is 1.91. The maximum atomic E-state index is 12.3. The Morgan fingerprint density at radius 2 is 2.10 bits per heavy atom. The molecule has 1 aromatic heterocycles. The minimum atomic E-state index is -3.52. The molecule has 108 valence electrons. The van der Waals surface area contributed by atoms with Gasteiger partial charge in [0.05, 0.1) is 4.90 Å². The highest BCUT2D eigenvalue weighted by Crippen LogP contribution is 2.23. The molecule has 20 heavy (non-hydrogen) atoms. The van der Waals surface area contributed by atoms with E-state index >= 15 is 0 Å². The lowest BCUT2D eigenvalue weighted by Gasteiger charge is -2.09. The smallest absolute Gasteiger partial charge is 0.240 e. The van der Waals surface area contributed by atoms with E-state index in [-0.39, 0.29) is 11.4 Å². The summed E-state index contributed by atoms with van der Waals surface area (Å²) in [6.07, 6.45) is 0. The van der Waals surface area contributed by atoms with Gasteiger partial charge < -0.3 is 5.73 Å². The van der Waals surface area contributed by atoms with Crippen LogP contribution in [-0.4, -0.2) is 8.42 Å². The molecule has 0 aliphatic carbocycles. The lowest BCUT2D eigenvalue weighted by Crippen LogP contribution is -2.23. The van der Waals surface area contributed by atoms with Gasteiger partial charge in [0.2, 0.25) is 10.0 Å². The molecular weight excluding hydrogens is 360 g/mol. The topological polar surface area (TPSA) is 72.2 Å². The van der Waals surface area contributed by atoms with Gasteiger partial charge in [0.1, 0.15) is 0 Å². The monoisotopic (exact) mass is 374 g/mol. The molecule has 2 aromatic rings. The van der Waals surface area contributed by atoms with Gasteiger partial charge in [-0.05, 0) is 57.6 Å². The van der Waals surface area contributed by atoms with Gasteiger partial charge in [0.25, 0.3) is 0 Å². The van der Waals surface area contributed by atoms with Crippen LogP contribution >= 0.6 is 27.3 Å². The van der Waals surface area contributed by atoms with E-state index in [1.807, 2.05) is 18.4 Å². The predicted molar refractivity (Wildman–Crippen MR) is 85.1 cm³/mol. The molecule has 0 amide bonds. The first-order chi connectivity index (χ1) is 9.44. The highest BCUT2D eigenvalue weighted by atomic mass is 79.9. The Balaban J connectivity index is 2.20. The number of aryl methyl sites for hydroxylation is 1. The number of sulfonamides is 1. The minimum absolute atomic E-state index is 0.247. The number of benzene rings is 1. The first kappa shape index (κ1) is 15.7. The molecule has 7 heteroatoms. The van der Waals surface area contributed by atoms with Crippen LogP contribution in [0.25, 0.3) is 0 Å². The van der Waals surface area contributed by atoms with Crippen LogP contribution in [0.5, 0.6) is 0 Å². The largest absolute Gasteiger partial charge is 0.326 e. The zero-order valence-electron chi connectivity index (χ0n) is 10.9. The summed E-state index contributed by atoms with van der Waals surface area (Å²) in [6, 6.07) is 6.89. The molecule has 0 atom stereocenters. The third-order valence-corrected chi connectivity index (χ3v) is 6.29. The van der Waals surface area contributed by atoms with Crippen molar-refractivity contribution in [3.05, 3.63) is 50.1 Å². The zero-order chi connectivity index (χ0) is 14.8. The van der Waals surface area contributed by atoms with Crippen molar-refractivity contribution in [3.63, 3.8) is 0 Å². The maximum absolute atomic E-state index is 12.3. The van der Waals surface area contributed by atoms with Crippen LogP contribution in [0.1, 0.15) is 16.0 Å². The van der Waals surface area contributed by atoms with Crippen LogP contribution in [0.15, 0.2) is 39.0 Å². The number of nitrogens with two attached hydrogens (primary N) is 1. The lowest BCUT2D eigenvalue weighted by atomic mass is 10.1. The van der Waals surface area contributed by atoms with Crippen molar-refractivity contribution in [1.82, 2.24) is 4.72 Å². The molecule has 0 aliphatic heterocycles. The Labute approximate surface area is 131 Å². The van der Waals surface area contributed by atoms with Gasteiger partial charge in [0, 0.05) is 22.4 Å². The molecular formula is C13H15BrN2O2S2. The van der Waals surface area contributed by atoms with Crippen LogP contribution in [-0.2, 0) is 23.1 Å². The summed E-state index contributed by atoms with van der Waals surface area (Å²) in [4.78, 5) is 1.19. The summed E-state index contributed by atoms with van der Waals surface area (Å²) in [5.41, 5.74) is 7.45. The fraction of sp³-hybridized carbons (Fsp3) is 0.231. The summed E-state index contributed by atoms with van der Waals surface area (Å²) in [7, 11) is -3.52. The van der Waals surface area contributed by atoms with Crippen molar-refractivity contribution in [1.29, 1.82) is 0 Å². The van der Waals surface area contributed by atoms with Crippen LogP contribution in [0.4, 0.5) is 0 Å². The van der Waals surface area contributed by atoms with Crippen molar-refractivity contribution >= 4 is 37.3 Å². The van der Waals surface area contributed by atoms with Gasteiger partial charge in [-0.2, -0.15) is 0 Å². The number of thiophene rings is 1. The Morgan fingerprint density at radius 3 is 2.70 bits per heavy atom.